The van der Waals surface area contributed by atoms with Gasteiger partial charge in [-0.25, -0.2) is 4.39 Å². The monoisotopic (exact) mass is 405 g/mol. The number of fused-ring (bicyclic) bond motifs is 1. The number of halogens is 1. The van der Waals surface area contributed by atoms with E-state index in [0.717, 1.165) is 28.4 Å². The molecule has 0 aliphatic rings. The van der Waals surface area contributed by atoms with Crippen LogP contribution in [0.15, 0.2) is 72.9 Å². The highest BCUT2D eigenvalue weighted by Gasteiger charge is 2.16. The van der Waals surface area contributed by atoms with Crippen molar-refractivity contribution in [2.75, 3.05) is 6.61 Å². The van der Waals surface area contributed by atoms with Crippen LogP contribution < -0.4 is 4.74 Å². The molecule has 1 atom stereocenters. The Kier molecular flexibility index (Phi) is 5.61. The summed E-state index contributed by atoms with van der Waals surface area (Å²) in [7, 11) is 0. The molecule has 0 radical (unpaired) electrons. The lowest BCUT2D eigenvalue weighted by atomic mass is 10.0. The van der Waals surface area contributed by atoms with Crippen LogP contribution in [-0.4, -0.2) is 33.8 Å². The number of carbonyl (C=O) groups is 1. The number of ether oxygens (including phenoxy) is 1. The van der Waals surface area contributed by atoms with Gasteiger partial charge in [-0.3, -0.25) is 4.79 Å². The first-order valence-electron chi connectivity index (χ1n) is 9.50. The van der Waals surface area contributed by atoms with E-state index in [1.165, 1.54) is 12.1 Å². The van der Waals surface area contributed by atoms with E-state index < -0.39 is 6.10 Å². The molecule has 0 saturated carbocycles. The Hall–Kier alpha value is -3.48. The van der Waals surface area contributed by atoms with Gasteiger partial charge in [-0.2, -0.15) is 0 Å². The van der Waals surface area contributed by atoms with Crippen LogP contribution in [0.2, 0.25) is 0 Å². The number of aldehydes is 1. The Morgan fingerprint density at radius 3 is 2.30 bits per heavy atom. The summed E-state index contributed by atoms with van der Waals surface area (Å²) in [5.74, 6) is 0.812. The second-order valence-electron chi connectivity index (χ2n) is 6.97. The van der Waals surface area contributed by atoms with Gasteiger partial charge in [0.25, 0.3) is 0 Å². The summed E-state index contributed by atoms with van der Waals surface area (Å²) in [5.41, 5.74) is 2.98. The fourth-order valence-electron chi connectivity index (χ4n) is 3.50. The van der Waals surface area contributed by atoms with Crippen LogP contribution in [0.5, 0.6) is 11.5 Å². The van der Waals surface area contributed by atoms with E-state index in [0.29, 0.717) is 17.1 Å². The van der Waals surface area contributed by atoms with Gasteiger partial charge in [-0.15, -0.1) is 0 Å². The lowest BCUT2D eigenvalue weighted by Gasteiger charge is -2.09. The average molecular weight is 405 g/mol. The van der Waals surface area contributed by atoms with Crippen molar-refractivity contribution in [3.05, 3.63) is 89.9 Å². The number of benzene rings is 3. The second-order valence-corrected chi connectivity index (χ2v) is 6.97. The van der Waals surface area contributed by atoms with Crippen molar-refractivity contribution in [1.29, 1.82) is 0 Å². The van der Waals surface area contributed by atoms with E-state index in [2.05, 4.69) is 0 Å². The van der Waals surface area contributed by atoms with E-state index in [-0.39, 0.29) is 18.8 Å². The van der Waals surface area contributed by atoms with Gasteiger partial charge in [-0.1, -0.05) is 12.1 Å². The first kappa shape index (κ1) is 19.8. The normalized spacial score (nSPS) is 12.1. The molecule has 1 aromatic heterocycles. The topological polar surface area (TPSA) is 71.7 Å². The summed E-state index contributed by atoms with van der Waals surface area (Å²) in [6.45, 7) is -0.356. The number of rotatable bonds is 7. The van der Waals surface area contributed by atoms with Gasteiger partial charge >= 0.3 is 0 Å². The average Bonchev–Trinajstić information content (AvgIpc) is 3.14. The van der Waals surface area contributed by atoms with E-state index in [1.54, 1.807) is 36.4 Å². The van der Waals surface area contributed by atoms with Crippen molar-refractivity contribution in [2.24, 2.45) is 0 Å². The zero-order chi connectivity index (χ0) is 21.1. The number of aliphatic hydroxyl groups is 2. The van der Waals surface area contributed by atoms with Crippen molar-refractivity contribution in [1.82, 2.24) is 4.57 Å². The molecule has 0 saturated heterocycles. The van der Waals surface area contributed by atoms with Crippen LogP contribution in [0, 0.1) is 5.82 Å². The molecule has 0 aliphatic carbocycles. The Morgan fingerprint density at radius 2 is 1.67 bits per heavy atom. The maximum Gasteiger partial charge on any atom is 0.150 e. The second kappa shape index (κ2) is 8.49. The maximum absolute atomic E-state index is 13.0. The van der Waals surface area contributed by atoms with Gasteiger partial charge in [0.2, 0.25) is 0 Å². The van der Waals surface area contributed by atoms with Crippen molar-refractivity contribution in [3.8, 4) is 17.2 Å². The summed E-state index contributed by atoms with van der Waals surface area (Å²) in [4.78, 5) is 11.6. The van der Waals surface area contributed by atoms with Gasteiger partial charge in [-0.05, 0) is 60.2 Å². The molecule has 5 nitrogen and oxygen atoms in total. The molecule has 1 heterocycles. The van der Waals surface area contributed by atoms with E-state index in [9.17, 15) is 19.4 Å². The molecular formula is C24H20FNO4. The third-order valence-corrected chi connectivity index (χ3v) is 4.90. The number of aromatic nitrogens is 1. The Bertz CT molecular complexity index is 1170. The molecule has 0 bridgehead atoms. The molecule has 2 N–H and O–H groups in total. The van der Waals surface area contributed by atoms with Gasteiger partial charge < -0.3 is 19.5 Å². The highest BCUT2D eigenvalue weighted by molar-refractivity contribution is 6.00. The van der Waals surface area contributed by atoms with Crippen molar-refractivity contribution < 1.29 is 24.1 Å². The minimum atomic E-state index is -0.907. The molecule has 4 aromatic rings. The summed E-state index contributed by atoms with van der Waals surface area (Å²) in [5, 5.41) is 19.9. The number of carbonyl (C=O) groups excluding carboxylic acids is 1. The van der Waals surface area contributed by atoms with Gasteiger partial charge in [0.15, 0.2) is 6.29 Å². The Labute approximate surface area is 172 Å². The largest absolute Gasteiger partial charge is 0.457 e. The van der Waals surface area contributed by atoms with E-state index >= 15 is 0 Å². The molecule has 3 aromatic carbocycles. The highest BCUT2D eigenvalue weighted by atomic mass is 19.1. The summed E-state index contributed by atoms with van der Waals surface area (Å²) in [6, 6.07) is 18.6. The molecule has 30 heavy (non-hydrogen) atoms. The zero-order valence-corrected chi connectivity index (χ0v) is 16.0. The van der Waals surface area contributed by atoms with Crippen LogP contribution in [0.4, 0.5) is 4.39 Å². The lowest BCUT2D eigenvalue weighted by Crippen LogP contribution is -2.14. The van der Waals surface area contributed by atoms with Crippen molar-refractivity contribution >= 4 is 17.2 Å². The van der Waals surface area contributed by atoms with Crippen LogP contribution in [-0.2, 0) is 6.42 Å². The third kappa shape index (κ3) is 3.96. The molecule has 0 aliphatic heterocycles. The molecule has 0 spiro atoms. The smallest absolute Gasteiger partial charge is 0.150 e. The predicted molar refractivity (Wildman–Crippen MR) is 112 cm³/mol. The van der Waals surface area contributed by atoms with E-state index in [1.807, 2.05) is 29.0 Å². The van der Waals surface area contributed by atoms with Crippen LogP contribution in [0.3, 0.4) is 0 Å². The first-order valence-corrected chi connectivity index (χ1v) is 9.50. The maximum atomic E-state index is 13.0. The number of hydrogen-bond donors (Lipinski definition) is 2. The molecule has 0 amide bonds. The Morgan fingerprint density at radius 1 is 1.00 bits per heavy atom. The molecule has 6 heteroatoms. The van der Waals surface area contributed by atoms with Crippen molar-refractivity contribution in [2.45, 2.75) is 12.5 Å². The molecular weight excluding hydrogens is 385 g/mol. The van der Waals surface area contributed by atoms with Crippen LogP contribution >= 0.6 is 0 Å². The Balaban J connectivity index is 1.70. The van der Waals surface area contributed by atoms with E-state index in [4.69, 9.17) is 4.74 Å². The fourth-order valence-corrected chi connectivity index (χ4v) is 3.50. The van der Waals surface area contributed by atoms with Crippen molar-refractivity contribution in [3.63, 3.8) is 0 Å². The van der Waals surface area contributed by atoms with Gasteiger partial charge in [0, 0.05) is 29.3 Å². The van der Waals surface area contributed by atoms with Crippen LogP contribution in [0.25, 0.3) is 16.6 Å². The molecule has 0 fully saturated rings. The van der Waals surface area contributed by atoms with Gasteiger partial charge in [0.05, 0.1) is 18.2 Å². The minimum Gasteiger partial charge on any atom is -0.457 e. The SMILES string of the molecule is O=Cc1cccc2c1c(CC(O)CO)cn2-c1ccc(Oc2ccc(F)cc2)cc1. The summed E-state index contributed by atoms with van der Waals surface area (Å²) in [6.07, 6.45) is 1.99. The number of nitrogens with zero attached hydrogens (tertiary/aromatic N) is 1. The zero-order valence-electron chi connectivity index (χ0n) is 16.0. The number of hydrogen-bond acceptors (Lipinski definition) is 4. The number of aliphatic hydroxyl groups excluding tert-OH is 2. The van der Waals surface area contributed by atoms with Crippen LogP contribution in [0.1, 0.15) is 15.9 Å². The standard InChI is InChI=1S/C24H20FNO4/c25-18-4-8-21(9-5-18)30-22-10-6-19(7-11-22)26-13-17(12-20(29)15-28)24-16(14-27)2-1-3-23(24)26/h1-11,13-14,20,28-29H,12,15H2. The summed E-state index contributed by atoms with van der Waals surface area (Å²) >= 11 is 0. The third-order valence-electron chi connectivity index (χ3n) is 4.90. The fraction of sp³-hybridized carbons (Fsp3) is 0.125. The highest BCUT2D eigenvalue weighted by Crippen LogP contribution is 2.30. The first-order chi connectivity index (χ1) is 14.6. The molecule has 1 unspecified atom stereocenters. The quantitative estimate of drug-likeness (QED) is 0.451. The molecule has 152 valence electrons. The lowest BCUT2D eigenvalue weighted by molar-refractivity contribution is 0.0957. The predicted octanol–water partition coefficient (Wildman–Crippen LogP) is 4.27. The minimum absolute atomic E-state index is 0.233. The molecule has 4 rings (SSSR count). The summed E-state index contributed by atoms with van der Waals surface area (Å²) < 4.78 is 20.7. The van der Waals surface area contributed by atoms with Gasteiger partial charge in [0.1, 0.15) is 17.3 Å².